The van der Waals surface area contributed by atoms with Gasteiger partial charge in [0.25, 0.3) is 0 Å². The highest BCUT2D eigenvalue weighted by Crippen LogP contribution is 2.27. The van der Waals surface area contributed by atoms with E-state index in [4.69, 9.17) is 12.2 Å². The van der Waals surface area contributed by atoms with Crippen LogP contribution in [-0.2, 0) is 6.42 Å². The molecule has 5 heteroatoms. The van der Waals surface area contributed by atoms with Crippen LogP contribution in [0.5, 0.6) is 0 Å². The van der Waals surface area contributed by atoms with Gasteiger partial charge < -0.3 is 10.2 Å². The van der Waals surface area contributed by atoms with Gasteiger partial charge in [0.2, 0.25) is 0 Å². The fourth-order valence-corrected chi connectivity index (χ4v) is 3.30. The second kappa shape index (κ2) is 8.12. The zero-order valence-electron chi connectivity index (χ0n) is 14.7. The molecule has 2 aromatic carbocycles. The van der Waals surface area contributed by atoms with Gasteiger partial charge in [-0.05, 0) is 73.8 Å². The van der Waals surface area contributed by atoms with Gasteiger partial charge in [0.15, 0.2) is 5.11 Å². The maximum atomic E-state index is 5.30. The van der Waals surface area contributed by atoms with E-state index in [9.17, 15) is 0 Å². The van der Waals surface area contributed by atoms with E-state index in [1.54, 1.807) is 0 Å². The Morgan fingerprint density at radius 2 is 2.12 bits per heavy atom. The predicted molar refractivity (Wildman–Crippen MR) is 111 cm³/mol. The van der Waals surface area contributed by atoms with E-state index >= 15 is 0 Å². The molecule has 0 amide bonds. The van der Waals surface area contributed by atoms with Gasteiger partial charge in [-0.25, -0.2) is 0 Å². The summed E-state index contributed by atoms with van der Waals surface area (Å²) < 4.78 is 0. The van der Waals surface area contributed by atoms with Crippen molar-refractivity contribution in [2.45, 2.75) is 26.7 Å². The van der Waals surface area contributed by atoms with Gasteiger partial charge in [-0.15, -0.1) is 0 Å². The minimum atomic E-state index is 0.487. The Morgan fingerprint density at radius 1 is 1.28 bits per heavy atom. The van der Waals surface area contributed by atoms with Gasteiger partial charge in [0.1, 0.15) is 0 Å². The van der Waals surface area contributed by atoms with Gasteiger partial charge >= 0.3 is 0 Å². The third-order valence-electron chi connectivity index (χ3n) is 4.47. The molecule has 130 valence electrons. The van der Waals surface area contributed by atoms with Crippen molar-refractivity contribution in [1.29, 1.82) is 0 Å². The van der Waals surface area contributed by atoms with Crippen molar-refractivity contribution in [3.63, 3.8) is 0 Å². The quantitative estimate of drug-likeness (QED) is 0.494. The molecule has 4 nitrogen and oxygen atoms in total. The predicted octanol–water partition coefficient (Wildman–Crippen LogP) is 4.09. The summed E-state index contributed by atoms with van der Waals surface area (Å²) in [7, 11) is 0. The summed E-state index contributed by atoms with van der Waals surface area (Å²) in [5, 5.41) is 7.91. The Balaban J connectivity index is 1.61. The first-order valence-electron chi connectivity index (χ1n) is 8.71. The number of nitrogens with zero attached hydrogens (tertiary/aromatic N) is 2. The van der Waals surface area contributed by atoms with Crippen LogP contribution < -0.4 is 15.6 Å². The van der Waals surface area contributed by atoms with Crippen LogP contribution in [0.25, 0.3) is 0 Å². The summed E-state index contributed by atoms with van der Waals surface area (Å²) in [6.45, 7) is 6.45. The molecule has 3 rings (SSSR count). The van der Waals surface area contributed by atoms with Crippen molar-refractivity contribution in [2.24, 2.45) is 5.10 Å². The molecule has 1 aliphatic heterocycles. The Labute approximate surface area is 154 Å². The van der Waals surface area contributed by atoms with Crippen molar-refractivity contribution < 1.29 is 0 Å². The molecule has 0 radical (unpaired) electrons. The molecule has 0 bridgehead atoms. The van der Waals surface area contributed by atoms with E-state index < -0.39 is 0 Å². The fourth-order valence-electron chi connectivity index (χ4n) is 3.13. The van der Waals surface area contributed by atoms with Crippen LogP contribution in [0.15, 0.2) is 47.6 Å². The first-order valence-corrected chi connectivity index (χ1v) is 9.11. The molecule has 0 aromatic heterocycles. The summed E-state index contributed by atoms with van der Waals surface area (Å²) in [6.07, 6.45) is 4.16. The molecular formula is C20H24N4S. The zero-order chi connectivity index (χ0) is 17.6. The molecule has 0 atom stereocenters. The van der Waals surface area contributed by atoms with Crippen molar-refractivity contribution in [3.05, 3.63) is 59.2 Å². The van der Waals surface area contributed by atoms with E-state index in [1.807, 2.05) is 37.4 Å². The van der Waals surface area contributed by atoms with Gasteiger partial charge in [0.05, 0.1) is 6.21 Å². The lowest BCUT2D eigenvalue weighted by atomic mass is 9.99. The van der Waals surface area contributed by atoms with E-state index in [0.717, 1.165) is 36.3 Å². The topological polar surface area (TPSA) is 39.7 Å². The number of hydrogen-bond acceptors (Lipinski definition) is 3. The van der Waals surface area contributed by atoms with Crippen LogP contribution >= 0.6 is 12.2 Å². The first kappa shape index (κ1) is 17.4. The summed E-state index contributed by atoms with van der Waals surface area (Å²) in [6, 6.07) is 14.6. The number of nitrogens with one attached hydrogen (secondary N) is 2. The summed E-state index contributed by atoms with van der Waals surface area (Å²) in [5.41, 5.74) is 8.86. The van der Waals surface area contributed by atoms with Crippen LogP contribution in [-0.4, -0.2) is 24.4 Å². The average Bonchev–Trinajstić information content (AvgIpc) is 2.63. The van der Waals surface area contributed by atoms with Crippen LogP contribution in [0.1, 0.15) is 30.0 Å². The highest BCUT2D eigenvalue weighted by atomic mass is 32.1. The van der Waals surface area contributed by atoms with E-state index in [2.05, 4.69) is 45.9 Å². The smallest absolute Gasteiger partial charge is 0.191 e. The van der Waals surface area contributed by atoms with Crippen LogP contribution in [0, 0.1) is 6.92 Å². The van der Waals surface area contributed by atoms with Crippen LogP contribution in [0.3, 0.4) is 0 Å². The molecular weight excluding hydrogens is 328 g/mol. The average molecular weight is 353 g/mol. The molecule has 0 fully saturated rings. The van der Waals surface area contributed by atoms with Crippen molar-refractivity contribution in [1.82, 2.24) is 5.43 Å². The molecule has 1 heterocycles. The SMILES string of the molecule is CCN1CCCc2cc(/C=N\NC(=S)Nc3ccccc3C)ccc21. The minimum Gasteiger partial charge on any atom is -0.372 e. The first-order chi connectivity index (χ1) is 12.2. The molecule has 0 aliphatic carbocycles. The lowest BCUT2D eigenvalue weighted by Crippen LogP contribution is -2.28. The summed E-state index contributed by atoms with van der Waals surface area (Å²) >= 11 is 5.30. The van der Waals surface area contributed by atoms with E-state index in [0.29, 0.717) is 5.11 Å². The molecule has 2 N–H and O–H groups in total. The largest absolute Gasteiger partial charge is 0.372 e. The molecule has 0 saturated heterocycles. The lowest BCUT2D eigenvalue weighted by Gasteiger charge is -2.30. The molecule has 0 spiro atoms. The van der Waals surface area contributed by atoms with Crippen molar-refractivity contribution >= 4 is 34.9 Å². The van der Waals surface area contributed by atoms with Gasteiger partial charge in [-0.1, -0.05) is 24.3 Å². The highest BCUT2D eigenvalue weighted by molar-refractivity contribution is 7.80. The normalized spacial score (nSPS) is 13.6. The second-order valence-electron chi connectivity index (χ2n) is 6.21. The standard InChI is InChI=1S/C20H24N4S/c1-3-24-12-6-8-17-13-16(10-11-19(17)24)14-21-23-20(25)22-18-9-5-4-7-15(18)2/h4-5,7,9-11,13-14H,3,6,8,12H2,1-2H3,(H2,22,23,25)/b21-14-. The summed E-state index contributed by atoms with van der Waals surface area (Å²) in [5.74, 6) is 0. The Morgan fingerprint density at radius 3 is 2.92 bits per heavy atom. The monoisotopic (exact) mass is 352 g/mol. The maximum absolute atomic E-state index is 5.30. The van der Waals surface area contributed by atoms with Crippen molar-refractivity contribution in [3.8, 4) is 0 Å². The second-order valence-corrected chi connectivity index (χ2v) is 6.62. The molecule has 2 aromatic rings. The van der Waals surface area contributed by atoms with Crippen LogP contribution in [0.2, 0.25) is 0 Å². The summed E-state index contributed by atoms with van der Waals surface area (Å²) in [4.78, 5) is 2.43. The molecule has 0 unspecified atom stereocenters. The van der Waals surface area contributed by atoms with Crippen LogP contribution in [0.4, 0.5) is 11.4 Å². The van der Waals surface area contributed by atoms with E-state index in [-0.39, 0.29) is 0 Å². The molecule has 25 heavy (non-hydrogen) atoms. The van der Waals surface area contributed by atoms with E-state index in [1.165, 1.54) is 17.7 Å². The van der Waals surface area contributed by atoms with Crippen molar-refractivity contribution in [2.75, 3.05) is 23.3 Å². The fraction of sp³-hybridized carbons (Fsp3) is 0.300. The third kappa shape index (κ3) is 4.37. The molecule has 0 saturated carbocycles. The third-order valence-corrected chi connectivity index (χ3v) is 4.67. The maximum Gasteiger partial charge on any atom is 0.191 e. The number of hydrogen-bond donors (Lipinski definition) is 2. The Hall–Kier alpha value is -2.40. The number of para-hydroxylation sites is 1. The lowest BCUT2D eigenvalue weighted by molar-refractivity contribution is 0.708. The number of rotatable bonds is 4. The number of thiocarbonyl (C=S) groups is 1. The Kier molecular flexibility index (Phi) is 5.66. The number of hydrazone groups is 1. The Bertz CT molecular complexity index is 785. The number of anilines is 2. The number of benzene rings is 2. The zero-order valence-corrected chi connectivity index (χ0v) is 15.6. The van der Waals surface area contributed by atoms with Gasteiger partial charge in [-0.2, -0.15) is 5.10 Å². The van der Waals surface area contributed by atoms with Gasteiger partial charge in [-0.3, -0.25) is 5.43 Å². The minimum absolute atomic E-state index is 0.487. The molecule has 1 aliphatic rings. The number of aryl methyl sites for hydroxylation is 2. The number of fused-ring (bicyclic) bond motifs is 1. The van der Waals surface area contributed by atoms with Gasteiger partial charge in [0, 0.05) is 24.5 Å². The highest BCUT2D eigenvalue weighted by Gasteiger charge is 2.15.